The van der Waals surface area contributed by atoms with Gasteiger partial charge in [-0.15, -0.1) is 11.3 Å². The maximum atomic E-state index is 13.2. The zero-order valence-corrected chi connectivity index (χ0v) is 24.2. The van der Waals surface area contributed by atoms with Crippen molar-refractivity contribution in [2.75, 3.05) is 19.6 Å². The number of halogens is 2. The summed E-state index contributed by atoms with van der Waals surface area (Å²) in [5.74, 6) is -0.655. The van der Waals surface area contributed by atoms with Gasteiger partial charge in [0.15, 0.2) is 0 Å². The number of amides is 4. The Kier molecular flexibility index (Phi) is 8.32. The molecule has 14 heteroatoms. The fraction of sp³-hybridized carbons (Fsp3) is 0.310. The number of ether oxygens (including phenoxy) is 2. The average Bonchev–Trinajstić information content (AvgIpc) is 3.62. The fourth-order valence-corrected chi connectivity index (χ4v) is 7.22. The zero-order valence-electron chi connectivity index (χ0n) is 22.6. The Labute approximate surface area is 253 Å². The van der Waals surface area contributed by atoms with Gasteiger partial charge in [-0.3, -0.25) is 19.2 Å². The molecule has 3 aromatic rings. The Bertz CT molecular complexity index is 1600. The second-order valence-corrected chi connectivity index (χ2v) is 12.3. The van der Waals surface area contributed by atoms with Gasteiger partial charge in [0.1, 0.15) is 17.5 Å². The number of nitrogens with one attached hydrogen (secondary N) is 3. The highest BCUT2D eigenvalue weighted by Crippen LogP contribution is 2.46. The predicted octanol–water partition coefficient (Wildman–Crippen LogP) is 3.55. The number of nitrogens with zero attached hydrogens (tertiary/aromatic N) is 1. The molecule has 1 fully saturated rings. The minimum absolute atomic E-state index is 0.114. The number of likely N-dealkylation sites (tertiary alicyclic amines) is 1. The predicted molar refractivity (Wildman–Crippen MR) is 153 cm³/mol. The summed E-state index contributed by atoms with van der Waals surface area (Å²) < 4.78 is 36.5. The number of hydrogen-bond acceptors (Lipinski definition) is 8. The van der Waals surface area contributed by atoms with Crippen LogP contribution in [0.2, 0.25) is 0 Å². The van der Waals surface area contributed by atoms with Gasteiger partial charge in [-0.25, -0.2) is 0 Å². The van der Waals surface area contributed by atoms with E-state index in [-0.39, 0.29) is 31.0 Å². The number of rotatable bonds is 8. The molecule has 6 rings (SSSR count). The van der Waals surface area contributed by atoms with Crippen LogP contribution in [0.4, 0.5) is 8.78 Å². The first kappa shape index (κ1) is 29.1. The highest BCUT2D eigenvalue weighted by atomic mass is 32.2. The van der Waals surface area contributed by atoms with E-state index in [1.54, 1.807) is 18.2 Å². The molecule has 43 heavy (non-hydrogen) atoms. The molecule has 1 saturated heterocycles. The summed E-state index contributed by atoms with van der Waals surface area (Å²) in [6.07, 6.45) is -0.480. The van der Waals surface area contributed by atoms with Crippen molar-refractivity contribution in [3.8, 4) is 11.5 Å². The van der Waals surface area contributed by atoms with Gasteiger partial charge in [0.2, 0.25) is 11.8 Å². The molecule has 0 bridgehead atoms. The minimum atomic E-state index is -3.07. The van der Waals surface area contributed by atoms with Crippen molar-refractivity contribution in [2.24, 2.45) is 0 Å². The van der Waals surface area contributed by atoms with E-state index in [9.17, 15) is 28.0 Å². The summed E-state index contributed by atoms with van der Waals surface area (Å²) in [6.45, 7) is -3.09. The molecule has 0 saturated carbocycles. The van der Waals surface area contributed by atoms with Gasteiger partial charge in [0.25, 0.3) is 11.8 Å². The molecule has 10 nitrogen and oxygen atoms in total. The molecular formula is C29H26F2N4O6S2. The molecular weight excluding hydrogens is 602 g/mol. The van der Waals surface area contributed by atoms with Gasteiger partial charge in [-0.1, -0.05) is 23.9 Å². The number of benzene rings is 2. The molecule has 3 aliphatic rings. The van der Waals surface area contributed by atoms with Crippen LogP contribution in [0.3, 0.4) is 0 Å². The summed E-state index contributed by atoms with van der Waals surface area (Å²) >= 11 is 2.79. The average molecular weight is 629 g/mol. The minimum Gasteiger partial charge on any atom is -0.455 e. The summed E-state index contributed by atoms with van der Waals surface area (Å²) in [7, 11) is 0. The van der Waals surface area contributed by atoms with Crippen LogP contribution in [0.5, 0.6) is 11.5 Å². The van der Waals surface area contributed by atoms with E-state index in [2.05, 4.69) is 20.7 Å². The summed E-state index contributed by atoms with van der Waals surface area (Å²) in [5.41, 5.74) is 1.18. The maximum Gasteiger partial charge on any atom is 0.345 e. The van der Waals surface area contributed by atoms with Crippen molar-refractivity contribution < 1.29 is 37.4 Å². The van der Waals surface area contributed by atoms with Crippen LogP contribution >= 0.6 is 23.1 Å². The van der Waals surface area contributed by atoms with Crippen LogP contribution in [0.15, 0.2) is 58.3 Å². The van der Waals surface area contributed by atoms with Crippen LogP contribution in [-0.2, 0) is 27.3 Å². The molecule has 2 aromatic carbocycles. The Morgan fingerprint density at radius 2 is 1.91 bits per heavy atom. The smallest absolute Gasteiger partial charge is 0.345 e. The topological polar surface area (TPSA) is 126 Å². The van der Waals surface area contributed by atoms with Crippen LogP contribution in [0.25, 0.3) is 0 Å². The molecule has 4 amide bonds. The van der Waals surface area contributed by atoms with Crippen LogP contribution in [0.1, 0.15) is 36.9 Å². The van der Waals surface area contributed by atoms with Crippen LogP contribution in [0, 0.1) is 0 Å². The van der Waals surface area contributed by atoms with E-state index in [1.807, 2.05) is 30.3 Å². The van der Waals surface area contributed by atoms with Crippen molar-refractivity contribution in [1.29, 1.82) is 0 Å². The number of fused-ring (bicyclic) bond motifs is 3. The summed E-state index contributed by atoms with van der Waals surface area (Å²) in [5, 5.41) is 8.08. The Balaban J connectivity index is 1.08. The number of para-hydroxylation sites is 1. The summed E-state index contributed by atoms with van der Waals surface area (Å²) in [6, 6.07) is 13.3. The van der Waals surface area contributed by atoms with Gasteiger partial charge in [0.05, 0.1) is 33.9 Å². The molecule has 4 heterocycles. The van der Waals surface area contributed by atoms with Crippen LogP contribution in [-0.4, -0.2) is 66.9 Å². The standard InChI is InChI=1S/C29H26F2N4O6S2/c30-29(31)40-17-11-19(27(38)33-12-18-9-15-7-8-32-28(39)25(15)42-18)35(14-17)24(36)13-34-26(37)16-5-6-23-21(10-16)41-20-3-1-2-4-22(20)43-23/h1-6,9-10,17,19,29H,7-8,11-14H2,(H,32,39)(H,33,38)(H,34,37)/t17-,19+/m1/s1. The second kappa shape index (κ2) is 12.3. The van der Waals surface area contributed by atoms with Gasteiger partial charge in [-0.05, 0) is 48.4 Å². The van der Waals surface area contributed by atoms with E-state index in [4.69, 9.17) is 4.74 Å². The monoisotopic (exact) mass is 628 g/mol. The van der Waals surface area contributed by atoms with Crippen molar-refractivity contribution in [2.45, 2.75) is 47.9 Å². The van der Waals surface area contributed by atoms with E-state index >= 15 is 0 Å². The van der Waals surface area contributed by atoms with Gasteiger partial charge >= 0.3 is 6.61 Å². The number of hydrogen-bond donors (Lipinski definition) is 3. The molecule has 0 unspecified atom stereocenters. The SMILES string of the molecule is O=C(NCC(=O)N1C[C@H](OC(F)F)C[C@H]1C(=O)NCc1cc2c(s1)C(=O)NCC2)c1ccc2c(c1)Oc1ccccc1S2. The highest BCUT2D eigenvalue weighted by Gasteiger charge is 2.41. The zero-order chi connectivity index (χ0) is 30.1. The quantitative estimate of drug-likeness (QED) is 0.273. The van der Waals surface area contributed by atoms with E-state index in [1.165, 1.54) is 23.1 Å². The molecule has 3 N–H and O–H groups in total. The Morgan fingerprint density at radius 3 is 2.72 bits per heavy atom. The molecule has 0 aliphatic carbocycles. The van der Waals surface area contributed by atoms with Crippen molar-refractivity contribution in [3.63, 3.8) is 0 Å². The molecule has 0 radical (unpaired) electrons. The van der Waals surface area contributed by atoms with Crippen molar-refractivity contribution in [1.82, 2.24) is 20.9 Å². The Morgan fingerprint density at radius 1 is 1.09 bits per heavy atom. The first-order valence-corrected chi connectivity index (χ1v) is 15.2. The highest BCUT2D eigenvalue weighted by molar-refractivity contribution is 7.99. The lowest BCUT2D eigenvalue weighted by molar-refractivity contribution is -0.160. The number of alkyl halides is 2. The first-order valence-electron chi connectivity index (χ1n) is 13.5. The van der Waals surface area contributed by atoms with Gasteiger partial charge in [-0.2, -0.15) is 8.78 Å². The third kappa shape index (κ3) is 6.36. The number of thiophene rings is 1. The van der Waals surface area contributed by atoms with Gasteiger partial charge in [0, 0.05) is 30.0 Å². The lowest BCUT2D eigenvalue weighted by Crippen LogP contribution is -2.48. The molecule has 0 spiro atoms. The van der Waals surface area contributed by atoms with Crippen molar-refractivity contribution >= 4 is 46.7 Å². The number of carbonyl (C=O) groups is 4. The third-order valence-electron chi connectivity index (χ3n) is 7.26. The van der Waals surface area contributed by atoms with E-state index < -0.39 is 43.0 Å². The van der Waals surface area contributed by atoms with E-state index in [0.717, 1.165) is 25.1 Å². The molecule has 1 aromatic heterocycles. The summed E-state index contributed by atoms with van der Waals surface area (Å²) in [4.78, 5) is 55.6. The normalized spacial score (nSPS) is 18.7. The van der Waals surface area contributed by atoms with Gasteiger partial charge < -0.3 is 30.3 Å². The number of carbonyl (C=O) groups excluding carboxylic acids is 4. The Hall–Kier alpha value is -4.01. The molecule has 224 valence electrons. The van der Waals surface area contributed by atoms with Crippen molar-refractivity contribution in [3.05, 3.63) is 69.4 Å². The fourth-order valence-electron chi connectivity index (χ4n) is 5.23. The molecule has 3 aliphatic heterocycles. The largest absolute Gasteiger partial charge is 0.455 e. The second-order valence-electron chi connectivity index (χ2n) is 10.1. The maximum absolute atomic E-state index is 13.2. The van der Waals surface area contributed by atoms with Crippen LogP contribution < -0.4 is 20.7 Å². The third-order valence-corrected chi connectivity index (χ3v) is 9.55. The lowest BCUT2D eigenvalue weighted by Gasteiger charge is -2.24. The van der Waals surface area contributed by atoms with E-state index in [0.29, 0.717) is 29.3 Å². The lowest BCUT2D eigenvalue weighted by atomic mass is 10.1. The molecule has 2 atom stereocenters. The first-order chi connectivity index (χ1) is 20.7.